The van der Waals surface area contributed by atoms with E-state index in [1.165, 1.54) is 6.08 Å². The standard InChI is InChI=1S/C16H20ClNO3/c1-3-16(4-2,15(20)21)11-18-14(19)9-8-12-6-5-7-13(17)10-12/h5-10H,3-4,11H2,1-2H3,(H,18,19)(H,20,21)/b9-8+. The zero-order chi connectivity index (χ0) is 15.9. The van der Waals surface area contributed by atoms with Crippen LogP contribution in [-0.2, 0) is 9.59 Å². The Balaban J connectivity index is 2.63. The summed E-state index contributed by atoms with van der Waals surface area (Å²) in [6.45, 7) is 3.74. The molecule has 0 fully saturated rings. The van der Waals surface area contributed by atoms with E-state index in [1.807, 2.05) is 19.9 Å². The summed E-state index contributed by atoms with van der Waals surface area (Å²) in [4.78, 5) is 23.1. The van der Waals surface area contributed by atoms with E-state index in [1.54, 1.807) is 24.3 Å². The van der Waals surface area contributed by atoms with Gasteiger partial charge in [-0.2, -0.15) is 0 Å². The average Bonchev–Trinajstić information content (AvgIpc) is 2.46. The van der Waals surface area contributed by atoms with Gasteiger partial charge in [0.15, 0.2) is 0 Å². The number of carbonyl (C=O) groups is 2. The SMILES string of the molecule is CCC(CC)(CNC(=O)/C=C/c1cccc(Cl)c1)C(=O)O. The third-order valence-electron chi connectivity index (χ3n) is 3.68. The molecule has 2 N–H and O–H groups in total. The molecule has 0 bridgehead atoms. The second-order valence-electron chi connectivity index (χ2n) is 4.90. The molecule has 0 aliphatic rings. The van der Waals surface area contributed by atoms with E-state index in [2.05, 4.69) is 5.32 Å². The lowest BCUT2D eigenvalue weighted by Crippen LogP contribution is -2.41. The Bertz CT molecular complexity index is 536. The number of amides is 1. The van der Waals surface area contributed by atoms with E-state index in [9.17, 15) is 14.7 Å². The van der Waals surface area contributed by atoms with Crippen molar-refractivity contribution in [3.05, 3.63) is 40.9 Å². The van der Waals surface area contributed by atoms with Crippen LogP contribution in [-0.4, -0.2) is 23.5 Å². The number of nitrogens with one attached hydrogen (secondary N) is 1. The van der Waals surface area contributed by atoms with E-state index >= 15 is 0 Å². The summed E-state index contributed by atoms with van der Waals surface area (Å²) >= 11 is 5.85. The van der Waals surface area contributed by atoms with Crippen molar-refractivity contribution in [2.24, 2.45) is 5.41 Å². The second-order valence-corrected chi connectivity index (χ2v) is 5.34. The first-order valence-corrected chi connectivity index (χ1v) is 7.26. The molecule has 0 saturated heterocycles. The fourth-order valence-corrected chi connectivity index (χ4v) is 2.17. The molecule has 1 amide bonds. The molecular formula is C16H20ClNO3. The topological polar surface area (TPSA) is 66.4 Å². The van der Waals surface area contributed by atoms with Crippen LogP contribution in [0.2, 0.25) is 5.02 Å². The lowest BCUT2D eigenvalue weighted by Gasteiger charge is -2.26. The number of carbonyl (C=O) groups excluding carboxylic acids is 1. The monoisotopic (exact) mass is 309 g/mol. The van der Waals surface area contributed by atoms with Gasteiger partial charge >= 0.3 is 5.97 Å². The third kappa shape index (κ3) is 4.90. The molecule has 1 rings (SSSR count). The van der Waals surface area contributed by atoms with Crippen molar-refractivity contribution in [3.8, 4) is 0 Å². The van der Waals surface area contributed by atoms with Gasteiger partial charge in [0.05, 0.1) is 5.41 Å². The van der Waals surface area contributed by atoms with E-state index < -0.39 is 11.4 Å². The van der Waals surface area contributed by atoms with Crippen LogP contribution in [0.4, 0.5) is 0 Å². The Morgan fingerprint density at radius 2 is 2.00 bits per heavy atom. The van der Waals surface area contributed by atoms with Gasteiger partial charge < -0.3 is 10.4 Å². The fourth-order valence-electron chi connectivity index (χ4n) is 1.98. The van der Waals surface area contributed by atoms with Crippen LogP contribution in [0.15, 0.2) is 30.3 Å². The molecule has 0 spiro atoms. The maximum Gasteiger partial charge on any atom is 0.311 e. The van der Waals surface area contributed by atoms with Crippen LogP contribution in [0.3, 0.4) is 0 Å². The van der Waals surface area contributed by atoms with Crippen LogP contribution in [0.1, 0.15) is 32.3 Å². The molecule has 4 nitrogen and oxygen atoms in total. The smallest absolute Gasteiger partial charge is 0.311 e. The number of hydrogen-bond acceptors (Lipinski definition) is 2. The highest BCUT2D eigenvalue weighted by atomic mass is 35.5. The second kappa shape index (κ2) is 7.84. The van der Waals surface area contributed by atoms with Crippen LogP contribution < -0.4 is 5.32 Å². The fraction of sp³-hybridized carbons (Fsp3) is 0.375. The summed E-state index contributed by atoms with van der Waals surface area (Å²) in [7, 11) is 0. The summed E-state index contributed by atoms with van der Waals surface area (Å²) in [6.07, 6.45) is 3.96. The van der Waals surface area contributed by atoms with E-state index in [-0.39, 0.29) is 12.5 Å². The number of halogens is 1. The first kappa shape index (κ1) is 17.2. The average molecular weight is 310 g/mol. The van der Waals surface area contributed by atoms with Crippen molar-refractivity contribution >= 4 is 29.6 Å². The Morgan fingerprint density at radius 3 is 2.52 bits per heavy atom. The van der Waals surface area contributed by atoms with Gasteiger partial charge in [0.25, 0.3) is 0 Å². The Kier molecular flexibility index (Phi) is 6.43. The largest absolute Gasteiger partial charge is 0.481 e. The molecule has 0 saturated carbocycles. The molecule has 0 aliphatic carbocycles. The molecule has 21 heavy (non-hydrogen) atoms. The molecule has 5 heteroatoms. The molecule has 0 heterocycles. The minimum Gasteiger partial charge on any atom is -0.481 e. The van der Waals surface area contributed by atoms with Crippen LogP contribution in [0, 0.1) is 5.41 Å². The minimum absolute atomic E-state index is 0.119. The van der Waals surface area contributed by atoms with Gasteiger partial charge in [0.2, 0.25) is 5.91 Å². The van der Waals surface area contributed by atoms with Gasteiger partial charge in [0, 0.05) is 17.6 Å². The number of hydrogen-bond donors (Lipinski definition) is 2. The maximum absolute atomic E-state index is 11.8. The predicted molar refractivity (Wildman–Crippen MR) is 84.1 cm³/mol. The molecule has 0 radical (unpaired) electrons. The zero-order valence-electron chi connectivity index (χ0n) is 12.2. The molecule has 1 aromatic carbocycles. The highest BCUT2D eigenvalue weighted by Crippen LogP contribution is 2.25. The summed E-state index contributed by atoms with van der Waals surface area (Å²) in [6, 6.07) is 7.12. The first-order chi connectivity index (χ1) is 9.93. The quantitative estimate of drug-likeness (QED) is 0.759. The summed E-state index contributed by atoms with van der Waals surface area (Å²) in [5, 5.41) is 12.5. The molecule has 114 valence electrons. The summed E-state index contributed by atoms with van der Waals surface area (Å²) < 4.78 is 0. The van der Waals surface area contributed by atoms with Crippen molar-refractivity contribution in [2.45, 2.75) is 26.7 Å². The van der Waals surface area contributed by atoms with Crippen LogP contribution in [0.25, 0.3) is 6.08 Å². The Morgan fingerprint density at radius 1 is 1.33 bits per heavy atom. The number of rotatable bonds is 7. The zero-order valence-corrected chi connectivity index (χ0v) is 13.0. The third-order valence-corrected chi connectivity index (χ3v) is 3.92. The first-order valence-electron chi connectivity index (χ1n) is 6.88. The lowest BCUT2D eigenvalue weighted by atomic mass is 9.82. The number of aliphatic carboxylic acids is 1. The molecule has 0 atom stereocenters. The molecular weight excluding hydrogens is 290 g/mol. The molecule has 0 unspecified atom stereocenters. The van der Waals surface area contributed by atoms with Gasteiger partial charge in [-0.25, -0.2) is 0 Å². The summed E-state index contributed by atoms with van der Waals surface area (Å²) in [5.74, 6) is -1.20. The Hall–Kier alpha value is -1.81. The molecule has 0 aliphatic heterocycles. The van der Waals surface area contributed by atoms with Crippen molar-refractivity contribution in [1.82, 2.24) is 5.32 Å². The van der Waals surface area contributed by atoms with E-state index in [4.69, 9.17) is 11.6 Å². The minimum atomic E-state index is -0.903. The van der Waals surface area contributed by atoms with Crippen LogP contribution >= 0.6 is 11.6 Å². The predicted octanol–water partition coefficient (Wildman–Crippen LogP) is 3.36. The van der Waals surface area contributed by atoms with Gasteiger partial charge in [0.1, 0.15) is 0 Å². The van der Waals surface area contributed by atoms with E-state index in [0.717, 1.165) is 5.56 Å². The molecule has 0 aromatic heterocycles. The van der Waals surface area contributed by atoms with E-state index in [0.29, 0.717) is 17.9 Å². The normalized spacial score (nSPS) is 11.6. The van der Waals surface area contributed by atoms with Gasteiger partial charge in [-0.1, -0.05) is 37.6 Å². The number of carboxylic acid groups (broad SMARTS) is 1. The summed E-state index contributed by atoms with van der Waals surface area (Å²) in [5.41, 5.74) is -0.0901. The number of benzene rings is 1. The van der Waals surface area contributed by atoms with Crippen molar-refractivity contribution in [1.29, 1.82) is 0 Å². The van der Waals surface area contributed by atoms with Crippen LogP contribution in [0.5, 0.6) is 0 Å². The Labute approximate surface area is 129 Å². The number of carboxylic acids is 1. The lowest BCUT2D eigenvalue weighted by molar-refractivity contribution is -0.149. The van der Waals surface area contributed by atoms with Crippen molar-refractivity contribution in [3.63, 3.8) is 0 Å². The highest BCUT2D eigenvalue weighted by molar-refractivity contribution is 6.30. The van der Waals surface area contributed by atoms with Gasteiger partial charge in [-0.3, -0.25) is 9.59 Å². The van der Waals surface area contributed by atoms with Crippen molar-refractivity contribution in [2.75, 3.05) is 6.54 Å². The van der Waals surface area contributed by atoms with Crippen molar-refractivity contribution < 1.29 is 14.7 Å². The van der Waals surface area contributed by atoms with Gasteiger partial charge in [-0.05, 0) is 36.6 Å². The highest BCUT2D eigenvalue weighted by Gasteiger charge is 2.34. The van der Waals surface area contributed by atoms with Gasteiger partial charge in [-0.15, -0.1) is 0 Å². The maximum atomic E-state index is 11.8. The molecule has 1 aromatic rings.